The van der Waals surface area contributed by atoms with Crippen molar-refractivity contribution in [3.05, 3.63) is 65.7 Å². The Morgan fingerprint density at radius 1 is 1.00 bits per heavy atom. The highest BCUT2D eigenvalue weighted by molar-refractivity contribution is 8.03. The predicted molar refractivity (Wildman–Crippen MR) is 75.0 cm³/mol. The molecule has 0 saturated heterocycles. The van der Waals surface area contributed by atoms with Gasteiger partial charge in [-0.15, -0.1) is 0 Å². The molecule has 1 heteroatoms. The van der Waals surface area contributed by atoms with E-state index in [0.717, 1.165) is 12.0 Å². The van der Waals surface area contributed by atoms with Gasteiger partial charge in [0, 0.05) is 10.5 Å². The molecule has 0 fully saturated rings. The minimum atomic E-state index is 1.06. The average molecular weight is 238 g/mol. The Labute approximate surface area is 107 Å². The van der Waals surface area contributed by atoms with Gasteiger partial charge in [0.25, 0.3) is 0 Å². The molecule has 0 radical (unpaired) electrons. The fourth-order valence-corrected chi connectivity index (χ4v) is 2.08. The number of rotatable bonds is 2. The third-order valence-corrected chi connectivity index (χ3v) is 3.15. The van der Waals surface area contributed by atoms with Gasteiger partial charge in [0.1, 0.15) is 0 Å². The molecule has 0 aromatic heterocycles. The van der Waals surface area contributed by atoms with Gasteiger partial charge < -0.3 is 0 Å². The molecular weight excluding hydrogens is 224 g/mol. The molecule has 2 aromatic rings. The first kappa shape index (κ1) is 11.8. The van der Waals surface area contributed by atoms with Crippen LogP contribution in [-0.2, 0) is 6.42 Å². The lowest BCUT2D eigenvalue weighted by Crippen LogP contribution is -1.80. The number of aryl methyl sites for hydroxylation is 1. The lowest BCUT2D eigenvalue weighted by Gasteiger charge is -1.96. The molecule has 0 saturated carbocycles. The van der Waals surface area contributed by atoms with Crippen LogP contribution >= 0.6 is 11.8 Å². The van der Waals surface area contributed by atoms with Crippen LogP contribution in [0.5, 0.6) is 0 Å². The highest BCUT2D eigenvalue weighted by Gasteiger charge is 1.90. The standard InChI is InChI=1S/C16H14S/c1-2-14-7-6-8-15(13-14)11-12-17-16-9-4-3-5-10-16/h3-10,13H,2H2,1H3. The Balaban J connectivity index is 2.06. The predicted octanol–water partition coefficient (Wildman–Crippen LogP) is 4.35. The van der Waals surface area contributed by atoms with Crippen molar-refractivity contribution in [2.45, 2.75) is 18.2 Å². The maximum Gasteiger partial charge on any atom is 0.0257 e. The van der Waals surface area contributed by atoms with Crippen LogP contribution in [0, 0.1) is 11.2 Å². The number of thioether (sulfide) groups is 1. The smallest absolute Gasteiger partial charge is 0.0257 e. The summed E-state index contributed by atoms with van der Waals surface area (Å²) in [6, 6.07) is 18.6. The van der Waals surface area contributed by atoms with E-state index in [2.05, 4.69) is 54.5 Å². The number of hydrogen-bond donors (Lipinski definition) is 0. The van der Waals surface area contributed by atoms with Crippen LogP contribution in [0.4, 0.5) is 0 Å². The van der Waals surface area contributed by atoms with E-state index in [0.29, 0.717) is 0 Å². The van der Waals surface area contributed by atoms with Crippen molar-refractivity contribution in [3.63, 3.8) is 0 Å². The minimum Gasteiger partial charge on any atom is -0.0622 e. The van der Waals surface area contributed by atoms with Gasteiger partial charge in [0.15, 0.2) is 0 Å². The summed E-state index contributed by atoms with van der Waals surface area (Å²) in [5, 5.41) is 3.14. The van der Waals surface area contributed by atoms with E-state index in [-0.39, 0.29) is 0 Å². The maximum atomic E-state index is 3.18. The Hall–Kier alpha value is -1.65. The minimum absolute atomic E-state index is 1.06. The number of hydrogen-bond acceptors (Lipinski definition) is 1. The van der Waals surface area contributed by atoms with Gasteiger partial charge in [-0.2, -0.15) is 0 Å². The summed E-state index contributed by atoms with van der Waals surface area (Å²) < 4.78 is 0. The van der Waals surface area contributed by atoms with Crippen molar-refractivity contribution >= 4 is 11.8 Å². The molecule has 0 amide bonds. The molecule has 0 atom stereocenters. The molecule has 0 bridgehead atoms. The van der Waals surface area contributed by atoms with Crippen molar-refractivity contribution in [1.29, 1.82) is 0 Å². The first-order valence-electron chi connectivity index (χ1n) is 5.70. The fourth-order valence-electron chi connectivity index (χ4n) is 1.50. The van der Waals surface area contributed by atoms with Gasteiger partial charge in [-0.25, -0.2) is 0 Å². The number of benzene rings is 2. The summed E-state index contributed by atoms with van der Waals surface area (Å²) in [5.41, 5.74) is 2.43. The topological polar surface area (TPSA) is 0 Å². The Bertz CT molecular complexity index is 532. The van der Waals surface area contributed by atoms with E-state index in [9.17, 15) is 0 Å². The summed E-state index contributed by atoms with van der Waals surface area (Å²) in [4.78, 5) is 1.19. The first-order chi connectivity index (χ1) is 8.38. The highest BCUT2D eigenvalue weighted by Crippen LogP contribution is 2.15. The third kappa shape index (κ3) is 3.69. The van der Waals surface area contributed by atoms with E-state index in [1.165, 1.54) is 10.5 Å². The zero-order valence-corrected chi connectivity index (χ0v) is 10.6. The lowest BCUT2D eigenvalue weighted by molar-refractivity contribution is 1.14. The van der Waals surface area contributed by atoms with E-state index in [4.69, 9.17) is 0 Å². The van der Waals surface area contributed by atoms with Gasteiger partial charge in [-0.1, -0.05) is 43.2 Å². The van der Waals surface area contributed by atoms with Gasteiger partial charge in [-0.05, 0) is 53.3 Å². The van der Waals surface area contributed by atoms with Gasteiger partial charge in [0.2, 0.25) is 0 Å². The van der Waals surface area contributed by atoms with E-state index in [1.807, 2.05) is 18.2 Å². The zero-order valence-electron chi connectivity index (χ0n) is 9.81. The van der Waals surface area contributed by atoms with Crippen molar-refractivity contribution in [2.24, 2.45) is 0 Å². The van der Waals surface area contributed by atoms with Crippen LogP contribution in [0.3, 0.4) is 0 Å². The van der Waals surface area contributed by atoms with Crippen molar-refractivity contribution in [2.75, 3.05) is 0 Å². The normalized spacial score (nSPS) is 9.47. The molecule has 0 N–H and O–H groups in total. The summed E-state index contributed by atoms with van der Waals surface area (Å²) in [7, 11) is 0. The van der Waals surface area contributed by atoms with Crippen LogP contribution in [0.25, 0.3) is 0 Å². The summed E-state index contributed by atoms with van der Waals surface area (Å²) in [6.07, 6.45) is 1.06. The quantitative estimate of drug-likeness (QED) is 0.553. The fraction of sp³-hybridized carbons (Fsp3) is 0.125. The molecule has 0 spiro atoms. The molecule has 0 heterocycles. The molecule has 0 aliphatic heterocycles. The van der Waals surface area contributed by atoms with Crippen LogP contribution in [0.15, 0.2) is 59.5 Å². The zero-order chi connectivity index (χ0) is 11.9. The summed E-state index contributed by atoms with van der Waals surface area (Å²) >= 11 is 1.57. The molecule has 2 rings (SSSR count). The first-order valence-corrected chi connectivity index (χ1v) is 6.52. The van der Waals surface area contributed by atoms with E-state index in [1.54, 1.807) is 11.8 Å². The van der Waals surface area contributed by atoms with Crippen molar-refractivity contribution < 1.29 is 0 Å². The molecule has 0 aliphatic carbocycles. The largest absolute Gasteiger partial charge is 0.0622 e. The molecule has 17 heavy (non-hydrogen) atoms. The monoisotopic (exact) mass is 238 g/mol. The maximum absolute atomic E-state index is 3.18. The highest BCUT2D eigenvalue weighted by atomic mass is 32.2. The molecule has 0 unspecified atom stereocenters. The Morgan fingerprint density at radius 3 is 2.59 bits per heavy atom. The average Bonchev–Trinajstić information content (AvgIpc) is 2.40. The van der Waals surface area contributed by atoms with Crippen molar-refractivity contribution in [1.82, 2.24) is 0 Å². The summed E-state index contributed by atoms with van der Waals surface area (Å²) in [5.74, 6) is 3.18. The van der Waals surface area contributed by atoms with Crippen LogP contribution in [0.1, 0.15) is 18.1 Å². The van der Waals surface area contributed by atoms with Gasteiger partial charge in [0.05, 0.1) is 0 Å². The van der Waals surface area contributed by atoms with Crippen LogP contribution in [-0.4, -0.2) is 0 Å². The third-order valence-electron chi connectivity index (χ3n) is 2.44. The lowest BCUT2D eigenvalue weighted by atomic mass is 10.1. The Kier molecular flexibility index (Phi) is 4.30. The summed E-state index contributed by atoms with van der Waals surface area (Å²) in [6.45, 7) is 2.16. The van der Waals surface area contributed by atoms with Gasteiger partial charge in [-0.3, -0.25) is 0 Å². The molecular formula is C16H14S. The SMILES string of the molecule is CCc1cccc(C#CSc2ccccc2)c1. The molecule has 0 aliphatic rings. The van der Waals surface area contributed by atoms with Crippen LogP contribution in [0.2, 0.25) is 0 Å². The van der Waals surface area contributed by atoms with E-state index < -0.39 is 0 Å². The Morgan fingerprint density at radius 2 is 1.82 bits per heavy atom. The van der Waals surface area contributed by atoms with Crippen LogP contribution < -0.4 is 0 Å². The second-order valence-corrected chi connectivity index (χ2v) is 4.58. The molecule has 0 nitrogen and oxygen atoms in total. The van der Waals surface area contributed by atoms with Crippen molar-refractivity contribution in [3.8, 4) is 11.2 Å². The molecule has 84 valence electrons. The molecule has 2 aromatic carbocycles. The van der Waals surface area contributed by atoms with Gasteiger partial charge >= 0.3 is 0 Å². The second-order valence-electron chi connectivity index (χ2n) is 3.70. The second kappa shape index (κ2) is 6.18. The van der Waals surface area contributed by atoms with E-state index >= 15 is 0 Å².